The fourth-order valence-electron chi connectivity index (χ4n) is 3.22. The number of hydrogen-bond donors (Lipinski definition) is 2. The van der Waals surface area contributed by atoms with E-state index in [1.807, 2.05) is 48.9 Å². The maximum Gasteiger partial charge on any atom is 0.272 e. The van der Waals surface area contributed by atoms with Gasteiger partial charge in [-0.2, -0.15) is 10.2 Å². The summed E-state index contributed by atoms with van der Waals surface area (Å²) in [5.74, 6) is -0.207. The number of carbonyl (C=O) groups excluding carboxylic acids is 1. The first kappa shape index (κ1) is 17.0. The van der Waals surface area contributed by atoms with Gasteiger partial charge >= 0.3 is 0 Å². The fraction of sp³-hybridized carbons (Fsp3) is 0.263. The molecule has 3 aromatic heterocycles. The number of aryl methyl sites for hydroxylation is 1. The molecule has 27 heavy (non-hydrogen) atoms. The number of aromatic nitrogens is 6. The van der Waals surface area contributed by atoms with E-state index >= 15 is 0 Å². The maximum atomic E-state index is 12.6. The number of nitrogens with zero attached hydrogens (tertiary/aromatic N) is 5. The summed E-state index contributed by atoms with van der Waals surface area (Å²) in [6.07, 6.45) is 4.29. The van der Waals surface area contributed by atoms with Gasteiger partial charge in [-0.15, -0.1) is 0 Å². The number of fused-ring (bicyclic) bond motifs is 1. The Morgan fingerprint density at radius 3 is 2.93 bits per heavy atom. The van der Waals surface area contributed by atoms with Crippen LogP contribution in [0.2, 0.25) is 0 Å². The number of para-hydroxylation sites is 2. The number of nitrogens with one attached hydrogen (secondary N) is 2. The van der Waals surface area contributed by atoms with Gasteiger partial charge in [0.05, 0.1) is 41.3 Å². The van der Waals surface area contributed by atoms with Crippen molar-refractivity contribution in [1.29, 1.82) is 0 Å². The molecule has 0 aliphatic carbocycles. The van der Waals surface area contributed by atoms with E-state index in [1.54, 1.807) is 23.3 Å². The van der Waals surface area contributed by atoms with Crippen LogP contribution in [0.4, 0.5) is 0 Å². The summed E-state index contributed by atoms with van der Waals surface area (Å²) < 4.78 is 3.80. The second-order valence-electron chi connectivity index (χ2n) is 6.45. The van der Waals surface area contributed by atoms with E-state index in [0.29, 0.717) is 12.2 Å². The predicted molar refractivity (Wildman–Crippen MR) is 101 cm³/mol. The van der Waals surface area contributed by atoms with Crippen molar-refractivity contribution in [1.82, 2.24) is 34.8 Å². The van der Waals surface area contributed by atoms with Crippen LogP contribution >= 0.6 is 0 Å². The molecule has 1 atom stereocenters. The molecule has 0 bridgehead atoms. The van der Waals surface area contributed by atoms with E-state index in [4.69, 9.17) is 0 Å². The largest absolute Gasteiger partial charge is 0.342 e. The van der Waals surface area contributed by atoms with Crippen LogP contribution in [0.15, 0.2) is 48.9 Å². The van der Waals surface area contributed by atoms with Gasteiger partial charge in [0.2, 0.25) is 0 Å². The Morgan fingerprint density at radius 2 is 2.15 bits per heavy atom. The molecule has 1 unspecified atom stereocenters. The van der Waals surface area contributed by atoms with Crippen molar-refractivity contribution >= 4 is 16.9 Å². The Kier molecular flexibility index (Phi) is 4.45. The Morgan fingerprint density at radius 1 is 1.30 bits per heavy atom. The van der Waals surface area contributed by atoms with E-state index in [0.717, 1.165) is 28.8 Å². The van der Waals surface area contributed by atoms with Crippen LogP contribution in [0.5, 0.6) is 0 Å². The Labute approximate surface area is 156 Å². The van der Waals surface area contributed by atoms with Gasteiger partial charge < -0.3 is 9.88 Å². The van der Waals surface area contributed by atoms with Gasteiger partial charge in [0.25, 0.3) is 5.91 Å². The van der Waals surface area contributed by atoms with E-state index < -0.39 is 0 Å². The number of carbonyl (C=O) groups is 1. The van der Waals surface area contributed by atoms with Crippen LogP contribution in [-0.2, 0) is 13.6 Å². The maximum absolute atomic E-state index is 12.6. The molecule has 0 aliphatic rings. The zero-order valence-corrected chi connectivity index (χ0v) is 15.3. The van der Waals surface area contributed by atoms with Crippen LogP contribution in [0, 0.1) is 0 Å². The highest BCUT2D eigenvalue weighted by Gasteiger charge is 2.19. The third-order valence-electron chi connectivity index (χ3n) is 4.66. The number of imidazole rings is 1. The smallest absolute Gasteiger partial charge is 0.272 e. The zero-order chi connectivity index (χ0) is 18.8. The highest BCUT2D eigenvalue weighted by molar-refractivity contribution is 5.92. The molecule has 0 radical (unpaired) electrons. The predicted octanol–water partition coefficient (Wildman–Crippen LogP) is 2.42. The molecule has 1 aromatic carbocycles. The number of aromatic amines is 1. The molecule has 0 fully saturated rings. The second-order valence-corrected chi connectivity index (χ2v) is 6.45. The number of benzene rings is 1. The summed E-state index contributed by atoms with van der Waals surface area (Å²) in [7, 11) is 1.87. The lowest BCUT2D eigenvalue weighted by atomic mass is 10.1. The van der Waals surface area contributed by atoms with Crippen LogP contribution in [-0.4, -0.2) is 35.4 Å². The highest BCUT2D eigenvalue weighted by atomic mass is 16.2. The average Bonchev–Trinajstić information content (AvgIpc) is 3.41. The van der Waals surface area contributed by atoms with E-state index in [-0.39, 0.29) is 11.9 Å². The molecule has 4 aromatic rings. The van der Waals surface area contributed by atoms with Gasteiger partial charge in [0.15, 0.2) is 0 Å². The van der Waals surface area contributed by atoms with Crippen LogP contribution < -0.4 is 5.32 Å². The van der Waals surface area contributed by atoms with Crippen molar-refractivity contribution in [2.75, 3.05) is 0 Å². The molecule has 0 saturated heterocycles. The quantitative estimate of drug-likeness (QED) is 0.550. The first-order valence-corrected chi connectivity index (χ1v) is 8.88. The molecule has 0 saturated carbocycles. The molecule has 1 amide bonds. The SMILES string of the molecule is CCC(NC(=O)c1cc(Cn2cnc3ccccc32)[nH]n1)c1ccnn1C. The topological polar surface area (TPSA) is 93.4 Å². The van der Waals surface area contributed by atoms with Crippen LogP contribution in [0.1, 0.15) is 41.3 Å². The molecule has 8 heteroatoms. The van der Waals surface area contributed by atoms with Gasteiger partial charge in [-0.25, -0.2) is 4.98 Å². The normalized spacial score (nSPS) is 12.4. The van der Waals surface area contributed by atoms with Crippen molar-refractivity contribution in [3.8, 4) is 0 Å². The third-order valence-corrected chi connectivity index (χ3v) is 4.66. The summed E-state index contributed by atoms with van der Waals surface area (Å²) in [6.45, 7) is 2.60. The average molecular weight is 363 g/mol. The lowest BCUT2D eigenvalue weighted by Gasteiger charge is -2.16. The van der Waals surface area contributed by atoms with Gasteiger partial charge in [0, 0.05) is 13.2 Å². The number of rotatable bonds is 6. The first-order chi connectivity index (χ1) is 13.2. The summed E-state index contributed by atoms with van der Waals surface area (Å²) in [5, 5.41) is 14.3. The minimum absolute atomic E-state index is 0.109. The lowest BCUT2D eigenvalue weighted by Crippen LogP contribution is -2.29. The van der Waals surface area contributed by atoms with E-state index in [9.17, 15) is 4.79 Å². The van der Waals surface area contributed by atoms with Crippen LogP contribution in [0.25, 0.3) is 11.0 Å². The van der Waals surface area contributed by atoms with Gasteiger partial charge in [-0.05, 0) is 30.7 Å². The second kappa shape index (κ2) is 7.06. The zero-order valence-electron chi connectivity index (χ0n) is 15.3. The molecule has 0 aliphatic heterocycles. The standard InChI is InChI=1S/C19H21N7O/c1-3-14(17-8-9-21-25(17)2)22-19(27)16-10-13(23-24-16)11-26-12-20-15-6-4-5-7-18(15)26/h4-10,12,14H,3,11H2,1-2H3,(H,22,27)(H,23,24). The fourth-order valence-corrected chi connectivity index (χ4v) is 3.22. The minimum atomic E-state index is -0.207. The van der Waals surface area contributed by atoms with E-state index in [1.165, 1.54) is 0 Å². The molecule has 4 rings (SSSR count). The lowest BCUT2D eigenvalue weighted by molar-refractivity contribution is 0.0929. The van der Waals surface area contributed by atoms with Gasteiger partial charge in [0.1, 0.15) is 5.69 Å². The number of H-pyrrole nitrogens is 1. The molecule has 3 heterocycles. The van der Waals surface area contributed by atoms with Gasteiger partial charge in [-0.1, -0.05) is 19.1 Å². The van der Waals surface area contributed by atoms with Gasteiger partial charge in [-0.3, -0.25) is 14.6 Å². The summed E-state index contributed by atoms with van der Waals surface area (Å²) in [5.41, 5.74) is 4.16. The summed E-state index contributed by atoms with van der Waals surface area (Å²) in [4.78, 5) is 17.0. The first-order valence-electron chi connectivity index (χ1n) is 8.88. The molecular weight excluding hydrogens is 342 g/mol. The Balaban J connectivity index is 1.48. The van der Waals surface area contributed by atoms with Crippen molar-refractivity contribution in [2.45, 2.75) is 25.9 Å². The molecular formula is C19H21N7O. The van der Waals surface area contributed by atoms with Crippen LogP contribution in [0.3, 0.4) is 0 Å². The highest BCUT2D eigenvalue weighted by Crippen LogP contribution is 2.17. The Hall–Kier alpha value is -3.42. The third kappa shape index (κ3) is 3.33. The van der Waals surface area contributed by atoms with Crippen molar-refractivity contribution in [3.05, 3.63) is 66.0 Å². The van der Waals surface area contributed by atoms with Crippen molar-refractivity contribution in [3.63, 3.8) is 0 Å². The van der Waals surface area contributed by atoms with Crippen molar-refractivity contribution in [2.24, 2.45) is 7.05 Å². The summed E-state index contributed by atoms with van der Waals surface area (Å²) >= 11 is 0. The molecule has 8 nitrogen and oxygen atoms in total. The molecule has 0 spiro atoms. The number of hydrogen-bond acceptors (Lipinski definition) is 4. The summed E-state index contributed by atoms with van der Waals surface area (Å²) in [6, 6.07) is 11.5. The number of amides is 1. The van der Waals surface area contributed by atoms with E-state index in [2.05, 4.69) is 25.6 Å². The molecule has 138 valence electrons. The van der Waals surface area contributed by atoms with Crippen molar-refractivity contribution < 1.29 is 4.79 Å². The Bertz CT molecular complexity index is 1070. The monoisotopic (exact) mass is 363 g/mol. The minimum Gasteiger partial charge on any atom is -0.342 e. The molecule has 2 N–H and O–H groups in total.